The lowest BCUT2D eigenvalue weighted by molar-refractivity contribution is 0.357. The van der Waals surface area contributed by atoms with Gasteiger partial charge in [-0.05, 0) is 41.5 Å². The highest BCUT2D eigenvalue weighted by Crippen LogP contribution is 2.38. The number of rotatable bonds is 1. The summed E-state index contributed by atoms with van der Waals surface area (Å²) in [6.07, 6.45) is 3.02. The Morgan fingerprint density at radius 3 is 2.88 bits per heavy atom. The molecule has 5 rings (SSSR count). The van der Waals surface area contributed by atoms with Crippen molar-refractivity contribution in [2.45, 2.75) is 19.0 Å². The number of benzene rings is 2. The van der Waals surface area contributed by atoms with Crippen molar-refractivity contribution in [3.05, 3.63) is 81.1 Å². The summed E-state index contributed by atoms with van der Waals surface area (Å²) in [6, 6.07) is 14.4. The van der Waals surface area contributed by atoms with Gasteiger partial charge in [-0.25, -0.2) is 0 Å². The molecule has 1 unspecified atom stereocenters. The quantitative estimate of drug-likeness (QED) is 0.658. The summed E-state index contributed by atoms with van der Waals surface area (Å²) in [5.74, 6) is 1.00. The number of fused-ring (bicyclic) bond motifs is 4. The first-order valence-electron chi connectivity index (χ1n) is 8.36. The zero-order chi connectivity index (χ0) is 17.0. The van der Waals surface area contributed by atoms with Crippen molar-refractivity contribution in [2.75, 3.05) is 6.61 Å². The third kappa shape index (κ3) is 2.38. The number of halogens is 2. The molecule has 2 aliphatic rings. The zero-order valence-electron chi connectivity index (χ0n) is 13.4. The predicted octanol–water partition coefficient (Wildman–Crippen LogP) is 4.91. The highest BCUT2D eigenvalue weighted by atomic mass is 35.5. The van der Waals surface area contributed by atoms with Crippen LogP contribution in [0.5, 0.6) is 5.75 Å². The van der Waals surface area contributed by atoms with Gasteiger partial charge in [0.15, 0.2) is 0 Å². The van der Waals surface area contributed by atoms with E-state index in [0.717, 1.165) is 40.7 Å². The van der Waals surface area contributed by atoms with Crippen molar-refractivity contribution in [2.24, 2.45) is 0 Å². The second kappa shape index (κ2) is 5.80. The lowest BCUT2D eigenvalue weighted by atomic mass is 10.00. The second-order valence-electron chi connectivity index (χ2n) is 6.44. The van der Waals surface area contributed by atoms with Crippen LogP contribution in [0, 0.1) is 0 Å². The summed E-state index contributed by atoms with van der Waals surface area (Å²) < 4.78 is 7.79. The van der Waals surface area contributed by atoms with Crippen LogP contribution in [0.4, 0.5) is 0 Å². The van der Waals surface area contributed by atoms with Gasteiger partial charge in [-0.1, -0.05) is 35.3 Å². The van der Waals surface area contributed by atoms with E-state index < -0.39 is 0 Å². The lowest BCUT2D eigenvalue weighted by Crippen LogP contribution is -2.21. The third-order valence-corrected chi connectivity index (χ3v) is 5.68. The smallest absolute Gasteiger partial charge is 0.122 e. The maximum atomic E-state index is 6.52. The molecule has 1 atom stereocenters. The van der Waals surface area contributed by atoms with Crippen molar-refractivity contribution in [1.29, 1.82) is 0 Å². The molecule has 2 aliphatic heterocycles. The molecule has 0 fully saturated rings. The molecular weight excluding hydrogens is 355 g/mol. The Morgan fingerprint density at radius 2 is 1.96 bits per heavy atom. The standard InChI is InChI=1S/C20H16Cl2N2O/c21-15-4-5-16(22)20-14(15)11-23-19(17-2-1-8-24(17)20)13-3-6-18-12(10-13)7-9-25-18/h1-6,8,10,19,23H,7,9,11H2. The van der Waals surface area contributed by atoms with Crippen molar-refractivity contribution >= 4 is 23.2 Å². The van der Waals surface area contributed by atoms with E-state index in [1.54, 1.807) is 0 Å². The fraction of sp³-hybridized carbons (Fsp3) is 0.200. The molecule has 3 aromatic rings. The molecule has 0 amide bonds. The number of hydrogen-bond donors (Lipinski definition) is 1. The number of ether oxygens (including phenoxy) is 1. The van der Waals surface area contributed by atoms with Crippen LogP contribution in [-0.2, 0) is 13.0 Å². The molecule has 25 heavy (non-hydrogen) atoms. The fourth-order valence-corrected chi connectivity index (χ4v) is 4.32. The maximum absolute atomic E-state index is 6.52. The van der Waals surface area contributed by atoms with Crippen molar-refractivity contribution in [3.8, 4) is 11.4 Å². The molecule has 3 heterocycles. The van der Waals surface area contributed by atoms with Gasteiger partial charge in [0.05, 0.1) is 23.4 Å². The number of nitrogens with one attached hydrogen (secondary N) is 1. The molecule has 0 radical (unpaired) electrons. The Morgan fingerprint density at radius 1 is 1.08 bits per heavy atom. The van der Waals surface area contributed by atoms with Crippen molar-refractivity contribution < 1.29 is 4.74 Å². The summed E-state index contributed by atoms with van der Waals surface area (Å²) in [7, 11) is 0. The molecule has 1 aromatic heterocycles. The molecule has 0 saturated carbocycles. The van der Waals surface area contributed by atoms with Gasteiger partial charge in [0.25, 0.3) is 0 Å². The van der Waals surface area contributed by atoms with Gasteiger partial charge in [-0.3, -0.25) is 0 Å². The average Bonchev–Trinajstić information content (AvgIpc) is 3.24. The monoisotopic (exact) mass is 370 g/mol. The largest absolute Gasteiger partial charge is 0.493 e. The highest BCUT2D eigenvalue weighted by Gasteiger charge is 2.26. The summed E-state index contributed by atoms with van der Waals surface area (Å²) in [6.45, 7) is 1.43. The first-order valence-corrected chi connectivity index (χ1v) is 9.11. The van der Waals surface area contributed by atoms with Crippen LogP contribution in [0.15, 0.2) is 48.7 Å². The maximum Gasteiger partial charge on any atom is 0.122 e. The molecular formula is C20H16Cl2N2O. The SMILES string of the molecule is Clc1ccc(Cl)c2c1CNC(c1ccc3c(c1)CCO3)c1cccn1-2. The predicted molar refractivity (Wildman–Crippen MR) is 100 cm³/mol. The van der Waals surface area contributed by atoms with E-state index >= 15 is 0 Å². The fourth-order valence-electron chi connectivity index (χ4n) is 3.83. The Kier molecular flexibility index (Phi) is 3.56. The molecule has 1 N–H and O–H groups in total. The molecule has 0 aliphatic carbocycles. The first kappa shape index (κ1) is 15.3. The Hall–Kier alpha value is -1.94. The van der Waals surface area contributed by atoms with Crippen LogP contribution in [-0.4, -0.2) is 11.2 Å². The molecule has 5 heteroatoms. The second-order valence-corrected chi connectivity index (χ2v) is 7.25. The Labute approximate surface area is 156 Å². The third-order valence-electron chi connectivity index (χ3n) is 5.02. The Balaban J connectivity index is 1.67. The minimum atomic E-state index is 0.0698. The first-order chi connectivity index (χ1) is 12.2. The van der Waals surface area contributed by atoms with E-state index in [1.807, 2.05) is 24.4 Å². The summed E-state index contributed by atoms with van der Waals surface area (Å²) >= 11 is 13.0. The summed E-state index contributed by atoms with van der Waals surface area (Å²) in [5.41, 5.74) is 5.65. The van der Waals surface area contributed by atoms with Crippen LogP contribution >= 0.6 is 23.2 Å². The van der Waals surface area contributed by atoms with Gasteiger partial charge in [-0.2, -0.15) is 0 Å². The average molecular weight is 371 g/mol. The van der Waals surface area contributed by atoms with Gasteiger partial charge in [-0.15, -0.1) is 0 Å². The van der Waals surface area contributed by atoms with Crippen LogP contribution in [0.1, 0.15) is 28.4 Å². The van der Waals surface area contributed by atoms with Crippen LogP contribution in [0.25, 0.3) is 5.69 Å². The normalized spacial score (nSPS) is 18.1. The van der Waals surface area contributed by atoms with E-state index in [9.17, 15) is 0 Å². The molecule has 0 saturated heterocycles. The van der Waals surface area contributed by atoms with E-state index in [2.05, 4.69) is 34.1 Å². The van der Waals surface area contributed by atoms with Gasteiger partial charge in [0.1, 0.15) is 5.75 Å². The Bertz CT molecular complexity index is 980. The van der Waals surface area contributed by atoms with E-state index in [0.29, 0.717) is 11.6 Å². The van der Waals surface area contributed by atoms with Crippen LogP contribution in [0.2, 0.25) is 10.0 Å². The van der Waals surface area contributed by atoms with E-state index in [1.165, 1.54) is 11.1 Å². The number of hydrogen-bond acceptors (Lipinski definition) is 2. The van der Waals surface area contributed by atoms with E-state index in [-0.39, 0.29) is 6.04 Å². The van der Waals surface area contributed by atoms with Crippen molar-refractivity contribution in [1.82, 2.24) is 9.88 Å². The molecule has 2 aromatic carbocycles. The van der Waals surface area contributed by atoms with Gasteiger partial charge in [0.2, 0.25) is 0 Å². The number of aromatic nitrogens is 1. The molecule has 0 spiro atoms. The van der Waals surface area contributed by atoms with Crippen LogP contribution in [0.3, 0.4) is 0 Å². The summed E-state index contributed by atoms with van der Waals surface area (Å²) in [5, 5.41) is 5.09. The van der Waals surface area contributed by atoms with Gasteiger partial charge >= 0.3 is 0 Å². The molecule has 3 nitrogen and oxygen atoms in total. The summed E-state index contributed by atoms with van der Waals surface area (Å²) in [4.78, 5) is 0. The minimum Gasteiger partial charge on any atom is -0.493 e. The van der Waals surface area contributed by atoms with Crippen LogP contribution < -0.4 is 10.1 Å². The van der Waals surface area contributed by atoms with Gasteiger partial charge in [0, 0.05) is 35.4 Å². The van der Waals surface area contributed by atoms with Crippen molar-refractivity contribution in [3.63, 3.8) is 0 Å². The minimum absolute atomic E-state index is 0.0698. The number of nitrogens with zero attached hydrogens (tertiary/aromatic N) is 1. The molecule has 0 bridgehead atoms. The topological polar surface area (TPSA) is 26.2 Å². The zero-order valence-corrected chi connectivity index (χ0v) is 14.9. The molecule has 126 valence electrons. The van der Waals surface area contributed by atoms with E-state index in [4.69, 9.17) is 27.9 Å². The lowest BCUT2D eigenvalue weighted by Gasteiger charge is -2.19. The highest BCUT2D eigenvalue weighted by molar-refractivity contribution is 6.35. The van der Waals surface area contributed by atoms with Gasteiger partial charge < -0.3 is 14.6 Å².